The van der Waals surface area contributed by atoms with Crippen LogP contribution in [-0.4, -0.2) is 35.3 Å². The normalized spacial score (nSPS) is 38.0. The number of benzene rings is 1. The van der Waals surface area contributed by atoms with E-state index in [1.807, 2.05) is 0 Å². The molecule has 2 aromatic rings. The van der Waals surface area contributed by atoms with Crippen molar-refractivity contribution in [2.75, 3.05) is 0 Å². The molecule has 160 valence electrons. The summed E-state index contributed by atoms with van der Waals surface area (Å²) < 4.78 is 85.5. The number of halogens is 7. The van der Waals surface area contributed by atoms with E-state index in [0.717, 1.165) is 22.3 Å². The molecule has 30 heavy (non-hydrogen) atoms. The monoisotopic (exact) mass is 466 g/mol. The van der Waals surface area contributed by atoms with E-state index in [2.05, 4.69) is 10.5 Å². The maximum atomic E-state index is 14.9. The number of alkyl halides is 6. The lowest BCUT2D eigenvalue weighted by Gasteiger charge is -2.61. The van der Waals surface area contributed by atoms with Gasteiger partial charge in [0.25, 0.3) is 5.91 Å². The number of carbonyl (C=O) groups is 1. The summed E-state index contributed by atoms with van der Waals surface area (Å²) >= 11 is 7.32. The maximum absolute atomic E-state index is 14.9. The van der Waals surface area contributed by atoms with Crippen molar-refractivity contribution in [1.29, 1.82) is 0 Å². The number of nitrogens with one attached hydrogen (secondary N) is 1. The molecule has 5 rings (SSSR count). The average Bonchev–Trinajstić information content (AvgIpc) is 3.33. The summed E-state index contributed by atoms with van der Waals surface area (Å²) in [5.41, 5.74) is -5.62. The van der Waals surface area contributed by atoms with E-state index in [1.165, 1.54) is 0 Å². The van der Waals surface area contributed by atoms with Crippen LogP contribution in [0, 0.1) is 17.8 Å². The molecular formula is C19H13ClF6N2OS. The predicted octanol–water partition coefficient (Wildman–Crippen LogP) is 5.63. The predicted molar refractivity (Wildman–Crippen MR) is 100 cm³/mol. The van der Waals surface area contributed by atoms with E-state index < -0.39 is 53.3 Å². The van der Waals surface area contributed by atoms with Gasteiger partial charge in [-0.1, -0.05) is 29.8 Å². The van der Waals surface area contributed by atoms with Gasteiger partial charge in [0.1, 0.15) is 4.88 Å². The lowest BCUT2D eigenvalue weighted by atomic mass is 9.53. The molecular weight excluding hydrogens is 454 g/mol. The average molecular weight is 467 g/mol. The SMILES string of the molecule is O=C(N/N=C/C1CC2CC1C1(F)C(F)(F)C(F)(F)C21F)c1sc2ccccc2c1Cl. The quantitative estimate of drug-likeness (QED) is 0.356. The maximum Gasteiger partial charge on any atom is 0.350 e. The summed E-state index contributed by atoms with van der Waals surface area (Å²) in [6.45, 7) is 0. The van der Waals surface area contributed by atoms with Gasteiger partial charge in [0.2, 0.25) is 11.3 Å². The topological polar surface area (TPSA) is 41.5 Å². The number of amides is 1. The number of hydrogen-bond donors (Lipinski definition) is 1. The molecule has 0 spiro atoms. The molecule has 0 aliphatic heterocycles. The summed E-state index contributed by atoms with van der Waals surface area (Å²) in [6.07, 6.45) is 0.351. The van der Waals surface area contributed by atoms with Gasteiger partial charge in [-0.05, 0) is 18.9 Å². The van der Waals surface area contributed by atoms with Crippen LogP contribution in [-0.2, 0) is 0 Å². The van der Waals surface area contributed by atoms with Gasteiger partial charge in [0.15, 0.2) is 0 Å². The second-order valence-corrected chi connectivity index (χ2v) is 9.40. The molecule has 1 heterocycles. The van der Waals surface area contributed by atoms with Gasteiger partial charge in [-0.3, -0.25) is 4.79 Å². The van der Waals surface area contributed by atoms with Crippen molar-refractivity contribution in [3.05, 3.63) is 34.2 Å². The molecule has 3 aliphatic carbocycles. The lowest BCUT2D eigenvalue weighted by Crippen LogP contribution is -2.88. The summed E-state index contributed by atoms with van der Waals surface area (Å²) in [5, 5.41) is 4.59. The third-order valence-electron chi connectivity index (χ3n) is 6.70. The van der Waals surface area contributed by atoms with Gasteiger partial charge in [-0.2, -0.15) is 22.7 Å². The molecule has 1 amide bonds. The van der Waals surface area contributed by atoms with E-state index in [0.29, 0.717) is 5.39 Å². The number of carbonyl (C=O) groups excluding carboxylic acids is 1. The van der Waals surface area contributed by atoms with Crippen molar-refractivity contribution in [3.8, 4) is 0 Å². The molecule has 5 unspecified atom stereocenters. The zero-order valence-electron chi connectivity index (χ0n) is 14.9. The van der Waals surface area contributed by atoms with E-state index in [9.17, 15) is 31.1 Å². The van der Waals surface area contributed by atoms with Gasteiger partial charge in [-0.25, -0.2) is 14.2 Å². The van der Waals surface area contributed by atoms with Crippen molar-refractivity contribution >= 4 is 45.1 Å². The van der Waals surface area contributed by atoms with Crippen LogP contribution in [0.4, 0.5) is 26.3 Å². The van der Waals surface area contributed by atoms with Gasteiger partial charge < -0.3 is 0 Å². The molecule has 3 saturated carbocycles. The fraction of sp³-hybridized carbons (Fsp3) is 0.474. The molecule has 1 N–H and O–H groups in total. The minimum atomic E-state index is -5.09. The summed E-state index contributed by atoms with van der Waals surface area (Å²) in [4.78, 5) is 12.5. The first-order chi connectivity index (χ1) is 14.0. The number of hydrazone groups is 1. The first kappa shape index (κ1) is 20.1. The number of hydrogen-bond acceptors (Lipinski definition) is 3. The highest BCUT2D eigenvalue weighted by molar-refractivity contribution is 7.21. The van der Waals surface area contributed by atoms with E-state index in [4.69, 9.17) is 11.6 Å². The third-order valence-corrected chi connectivity index (χ3v) is 8.37. The fourth-order valence-corrected chi connectivity index (χ4v) is 6.73. The minimum Gasteiger partial charge on any atom is -0.266 e. The van der Waals surface area contributed by atoms with Crippen LogP contribution in [0.3, 0.4) is 0 Å². The Bertz CT molecular complexity index is 1110. The minimum absolute atomic E-state index is 0.179. The Morgan fingerprint density at radius 2 is 1.77 bits per heavy atom. The molecule has 1 aromatic carbocycles. The smallest absolute Gasteiger partial charge is 0.266 e. The van der Waals surface area contributed by atoms with Crippen LogP contribution < -0.4 is 5.43 Å². The van der Waals surface area contributed by atoms with Crippen molar-refractivity contribution in [2.24, 2.45) is 22.9 Å². The van der Waals surface area contributed by atoms with Crippen molar-refractivity contribution in [3.63, 3.8) is 0 Å². The highest BCUT2D eigenvalue weighted by atomic mass is 35.5. The second kappa shape index (κ2) is 5.91. The van der Waals surface area contributed by atoms with Crippen molar-refractivity contribution in [2.45, 2.75) is 36.0 Å². The molecule has 0 radical (unpaired) electrons. The molecule has 5 atom stereocenters. The Morgan fingerprint density at radius 1 is 1.10 bits per heavy atom. The second-order valence-electron chi connectivity index (χ2n) is 7.97. The van der Waals surface area contributed by atoms with Crippen LogP contribution in [0.1, 0.15) is 22.5 Å². The van der Waals surface area contributed by atoms with E-state index in [1.54, 1.807) is 24.3 Å². The van der Waals surface area contributed by atoms with Crippen molar-refractivity contribution in [1.82, 2.24) is 5.43 Å². The molecule has 0 saturated heterocycles. The van der Waals surface area contributed by atoms with Crippen molar-refractivity contribution < 1.29 is 31.1 Å². The number of nitrogens with zero attached hydrogens (tertiary/aromatic N) is 1. The Labute approximate surface area is 175 Å². The summed E-state index contributed by atoms with van der Waals surface area (Å²) in [5.74, 6) is -15.0. The van der Waals surface area contributed by atoms with E-state index >= 15 is 0 Å². The van der Waals surface area contributed by atoms with Crippen LogP contribution in [0.25, 0.3) is 10.1 Å². The summed E-state index contributed by atoms with van der Waals surface area (Å²) in [6, 6.07) is 7.05. The van der Waals surface area contributed by atoms with Crippen LogP contribution in [0.15, 0.2) is 29.4 Å². The van der Waals surface area contributed by atoms with Gasteiger partial charge in [0.05, 0.1) is 5.02 Å². The third kappa shape index (κ3) is 2.00. The number of fused-ring (bicyclic) bond motifs is 6. The number of thiophene rings is 1. The molecule has 3 nitrogen and oxygen atoms in total. The first-order valence-electron chi connectivity index (χ1n) is 9.12. The molecule has 2 bridgehead atoms. The zero-order valence-corrected chi connectivity index (χ0v) is 16.5. The Hall–Kier alpha value is -1.81. The zero-order chi connectivity index (χ0) is 21.7. The Morgan fingerprint density at radius 3 is 2.47 bits per heavy atom. The summed E-state index contributed by atoms with van der Waals surface area (Å²) in [7, 11) is 0. The molecule has 1 aromatic heterocycles. The fourth-order valence-electron chi connectivity index (χ4n) is 5.33. The van der Waals surface area contributed by atoms with Crippen LogP contribution in [0.5, 0.6) is 0 Å². The highest BCUT2D eigenvalue weighted by Crippen LogP contribution is 2.81. The Balaban J connectivity index is 1.33. The lowest BCUT2D eigenvalue weighted by molar-refractivity contribution is -0.449. The largest absolute Gasteiger partial charge is 0.350 e. The molecule has 11 heteroatoms. The van der Waals surface area contributed by atoms with Gasteiger partial charge in [0, 0.05) is 34.1 Å². The first-order valence-corrected chi connectivity index (χ1v) is 10.3. The Kier molecular flexibility index (Phi) is 3.96. The van der Waals surface area contributed by atoms with Gasteiger partial charge >= 0.3 is 11.8 Å². The molecule has 3 aliphatic rings. The van der Waals surface area contributed by atoms with E-state index in [-0.39, 0.29) is 16.3 Å². The highest BCUT2D eigenvalue weighted by Gasteiger charge is 3.03. The van der Waals surface area contributed by atoms with Crippen LogP contribution >= 0.6 is 22.9 Å². The molecule has 3 fully saturated rings. The number of rotatable bonds is 3. The van der Waals surface area contributed by atoms with Crippen LogP contribution in [0.2, 0.25) is 5.02 Å². The van der Waals surface area contributed by atoms with Gasteiger partial charge in [-0.15, -0.1) is 11.3 Å². The standard InChI is InChI=1S/C19H13ClF6N2OS/c20-13-10-3-1-2-4-12(10)30-14(13)15(29)28-27-7-8-5-9-6-11(8)17(22)16(9,21)18(23,24)19(17,25)26/h1-4,7-9,11H,5-6H2,(H,28,29)/b27-7+.